The van der Waals surface area contributed by atoms with E-state index in [1.165, 1.54) is 16.6 Å². The Morgan fingerprint density at radius 2 is 1.28 bits per heavy atom. The minimum Gasteiger partial charge on any atom is -0.224 e. The minimum absolute atomic E-state index is 0.284. The molecule has 25 heavy (non-hydrogen) atoms. The van der Waals surface area contributed by atoms with E-state index in [0.717, 1.165) is 5.56 Å². The zero-order valence-electron chi connectivity index (χ0n) is 14.5. The highest BCUT2D eigenvalue weighted by Crippen LogP contribution is 2.22. The predicted molar refractivity (Wildman–Crippen MR) is 107 cm³/mol. The summed E-state index contributed by atoms with van der Waals surface area (Å²) < 4.78 is 23.9. The Morgan fingerprint density at radius 1 is 0.760 bits per heavy atom. The van der Waals surface area contributed by atoms with Gasteiger partial charge in [0.05, 0.1) is 4.90 Å². The molecule has 3 aromatic carbocycles. The Morgan fingerprint density at radius 3 is 1.76 bits per heavy atom. The molecule has 3 aromatic rings. The summed E-state index contributed by atoms with van der Waals surface area (Å²) in [6.07, 6.45) is 1.26. The van der Waals surface area contributed by atoms with Gasteiger partial charge in [-0.25, -0.2) is 8.42 Å². The Balaban J connectivity index is 2.08. The quantitative estimate of drug-likeness (QED) is 0.651. The fraction of sp³-hybridized carbons (Fsp3) is 0.143. The molecule has 3 rings (SSSR count). The van der Waals surface area contributed by atoms with Crippen LogP contribution in [0.15, 0.2) is 89.8 Å². The van der Waals surface area contributed by atoms with Gasteiger partial charge in [0, 0.05) is 6.26 Å². The molecule has 0 spiro atoms. The van der Waals surface area contributed by atoms with Crippen molar-refractivity contribution < 1.29 is 8.42 Å². The van der Waals surface area contributed by atoms with Gasteiger partial charge >= 0.3 is 0 Å². The summed E-state index contributed by atoms with van der Waals surface area (Å²) in [5.41, 5.74) is 1.37. The number of hydrogen-bond donors (Lipinski definition) is 0. The molecule has 0 unspecified atom stereocenters. The van der Waals surface area contributed by atoms with Crippen LogP contribution >= 0.6 is 0 Å². The zero-order chi connectivity index (χ0) is 17.9. The first-order valence-electron chi connectivity index (χ1n) is 8.37. The maximum absolute atomic E-state index is 11.9. The summed E-state index contributed by atoms with van der Waals surface area (Å²) in [4.78, 5) is 0.394. The largest absolute Gasteiger partial charge is 0.224 e. The Labute approximate surface area is 151 Å². The number of sulfone groups is 1. The fourth-order valence-electron chi connectivity index (χ4n) is 3.31. The van der Waals surface area contributed by atoms with E-state index in [1.54, 1.807) is 6.07 Å². The lowest BCUT2D eigenvalue weighted by atomic mass is 10.2. The van der Waals surface area contributed by atoms with Gasteiger partial charge < -0.3 is 0 Å². The maximum Gasteiger partial charge on any atom is 0.175 e. The van der Waals surface area contributed by atoms with Crippen molar-refractivity contribution in [1.82, 2.24) is 0 Å². The predicted octanol–water partition coefficient (Wildman–Crippen LogP) is 2.77. The summed E-state index contributed by atoms with van der Waals surface area (Å²) in [5, 5.41) is 2.73. The lowest BCUT2D eigenvalue weighted by Gasteiger charge is -2.24. The molecule has 0 fully saturated rings. The number of benzene rings is 3. The molecule has 128 valence electrons. The van der Waals surface area contributed by atoms with E-state index in [0.29, 0.717) is 4.90 Å². The van der Waals surface area contributed by atoms with Gasteiger partial charge in [0.25, 0.3) is 0 Å². The average molecular weight is 367 g/mol. The number of hydrogen-bond acceptors (Lipinski definition) is 2. The van der Waals surface area contributed by atoms with Gasteiger partial charge in [-0.2, -0.15) is 0 Å². The number of rotatable bonds is 5. The van der Waals surface area contributed by atoms with Crippen LogP contribution in [0.4, 0.5) is 0 Å². The van der Waals surface area contributed by atoms with Crippen LogP contribution in [0.25, 0.3) is 0 Å². The van der Waals surface area contributed by atoms with Crippen LogP contribution in [-0.2, 0) is 9.84 Å². The topological polar surface area (TPSA) is 34.1 Å². The Bertz CT molecular complexity index is 898. The average Bonchev–Trinajstić information content (AvgIpc) is 2.63. The molecule has 0 aliphatic rings. The van der Waals surface area contributed by atoms with Crippen LogP contribution in [0, 0.1) is 0 Å². The molecule has 0 aromatic heterocycles. The third kappa shape index (κ3) is 4.09. The van der Waals surface area contributed by atoms with Gasteiger partial charge in [-0.05, 0) is 23.2 Å². The zero-order valence-corrected chi connectivity index (χ0v) is 16.4. The SMILES string of the molecule is C[C@@H](c1cccc(S(C)(=O)=O)c1)[SiH](c1ccccc1)c1ccccc1. The molecule has 0 heterocycles. The van der Waals surface area contributed by atoms with E-state index < -0.39 is 18.6 Å². The van der Waals surface area contributed by atoms with Crippen LogP contribution in [0.5, 0.6) is 0 Å². The molecule has 0 N–H and O–H groups in total. The molecule has 0 amide bonds. The lowest BCUT2D eigenvalue weighted by molar-refractivity contribution is 0.601. The summed E-state index contributed by atoms with van der Waals surface area (Å²) in [7, 11) is -4.74. The molecule has 0 aliphatic carbocycles. The first-order chi connectivity index (χ1) is 12.0. The van der Waals surface area contributed by atoms with Crippen molar-refractivity contribution in [2.24, 2.45) is 0 Å². The molecule has 0 radical (unpaired) electrons. The summed E-state index contributed by atoms with van der Waals surface area (Å²) in [5.74, 6) is 0. The van der Waals surface area contributed by atoms with Crippen molar-refractivity contribution in [3.8, 4) is 0 Å². The highest BCUT2D eigenvalue weighted by atomic mass is 32.2. The standard InChI is InChI=1S/C21H22O2SSi/c1-17(18-10-9-11-19(16-18)24(2,22)23)25(20-12-5-3-6-13-20)21-14-7-4-8-15-21/h3-17,25H,1-2H3/t17-/m0/s1. The minimum atomic E-state index is -3.20. The van der Waals surface area contributed by atoms with Crippen molar-refractivity contribution in [2.75, 3.05) is 6.26 Å². The van der Waals surface area contributed by atoms with E-state index in [9.17, 15) is 8.42 Å². The highest BCUT2D eigenvalue weighted by molar-refractivity contribution is 7.90. The molecular weight excluding hydrogens is 344 g/mol. The van der Waals surface area contributed by atoms with Crippen LogP contribution < -0.4 is 10.4 Å². The van der Waals surface area contributed by atoms with Crippen molar-refractivity contribution in [1.29, 1.82) is 0 Å². The smallest absolute Gasteiger partial charge is 0.175 e. The van der Waals surface area contributed by atoms with Crippen molar-refractivity contribution >= 4 is 29.0 Å². The van der Waals surface area contributed by atoms with Gasteiger partial charge in [0.15, 0.2) is 9.84 Å². The van der Waals surface area contributed by atoms with Gasteiger partial charge in [-0.1, -0.05) is 90.1 Å². The van der Waals surface area contributed by atoms with Gasteiger partial charge in [0.1, 0.15) is 8.80 Å². The lowest BCUT2D eigenvalue weighted by Crippen LogP contribution is -2.46. The van der Waals surface area contributed by atoms with E-state index >= 15 is 0 Å². The van der Waals surface area contributed by atoms with E-state index in [-0.39, 0.29) is 5.54 Å². The first kappa shape index (κ1) is 17.6. The highest BCUT2D eigenvalue weighted by Gasteiger charge is 2.25. The van der Waals surface area contributed by atoms with Gasteiger partial charge in [-0.3, -0.25) is 0 Å². The molecule has 2 nitrogen and oxygen atoms in total. The third-order valence-corrected chi connectivity index (χ3v) is 9.33. The van der Waals surface area contributed by atoms with Gasteiger partial charge in [0.2, 0.25) is 0 Å². The molecule has 0 saturated heterocycles. The molecule has 0 aliphatic heterocycles. The van der Waals surface area contributed by atoms with E-state index in [4.69, 9.17) is 0 Å². The van der Waals surface area contributed by atoms with Gasteiger partial charge in [-0.15, -0.1) is 0 Å². The Hall–Kier alpha value is -2.17. The van der Waals surface area contributed by atoms with Crippen LogP contribution in [0.1, 0.15) is 18.0 Å². The summed E-state index contributed by atoms with van der Waals surface area (Å²) >= 11 is 0. The first-order valence-corrected chi connectivity index (χ1v) is 12.1. The normalized spacial score (nSPS) is 12.9. The molecular formula is C21H22O2SSi. The summed E-state index contributed by atoms with van der Waals surface area (Å²) in [6.45, 7) is 2.22. The molecule has 4 heteroatoms. The van der Waals surface area contributed by atoms with E-state index in [1.807, 2.05) is 30.3 Å². The Kier molecular flexibility index (Phi) is 5.21. The van der Waals surface area contributed by atoms with Crippen LogP contribution in [-0.4, -0.2) is 23.5 Å². The van der Waals surface area contributed by atoms with E-state index in [2.05, 4.69) is 55.5 Å². The van der Waals surface area contributed by atoms with Crippen LogP contribution in [0.2, 0.25) is 0 Å². The second kappa shape index (κ2) is 7.38. The summed E-state index contributed by atoms with van der Waals surface area (Å²) in [6, 6.07) is 28.6. The van der Waals surface area contributed by atoms with Crippen molar-refractivity contribution in [3.63, 3.8) is 0 Å². The second-order valence-corrected chi connectivity index (χ2v) is 11.7. The van der Waals surface area contributed by atoms with Crippen molar-refractivity contribution in [2.45, 2.75) is 17.4 Å². The monoisotopic (exact) mass is 366 g/mol. The van der Waals surface area contributed by atoms with Crippen LogP contribution in [0.3, 0.4) is 0 Å². The molecule has 0 bridgehead atoms. The fourth-order valence-corrected chi connectivity index (χ4v) is 7.39. The molecule has 1 atom stereocenters. The molecule has 0 saturated carbocycles. The van der Waals surface area contributed by atoms with Crippen molar-refractivity contribution in [3.05, 3.63) is 90.5 Å². The maximum atomic E-state index is 11.9. The second-order valence-electron chi connectivity index (χ2n) is 6.43. The third-order valence-electron chi connectivity index (χ3n) is 4.63.